The highest BCUT2D eigenvalue weighted by molar-refractivity contribution is 7.89. The number of benzene rings is 2. The summed E-state index contributed by atoms with van der Waals surface area (Å²) in [5, 5.41) is 0. The van der Waals surface area contributed by atoms with E-state index in [0.29, 0.717) is 54.9 Å². The molecule has 54 heavy (non-hydrogen) atoms. The average Bonchev–Trinajstić information content (AvgIpc) is 3.16. The number of allylic oxidation sites excluding steroid dienone is 4. The van der Waals surface area contributed by atoms with Crippen LogP contribution in [-0.2, 0) is 35.2 Å². The summed E-state index contributed by atoms with van der Waals surface area (Å²) in [5.74, 6) is -1.09. The van der Waals surface area contributed by atoms with E-state index in [9.17, 15) is 26.4 Å². The van der Waals surface area contributed by atoms with Crippen LogP contribution in [-0.4, -0.2) is 80.5 Å². The van der Waals surface area contributed by atoms with Crippen LogP contribution in [0.25, 0.3) is 5.57 Å². The lowest BCUT2D eigenvalue weighted by molar-refractivity contribution is -0.141. The first-order chi connectivity index (χ1) is 25.2. The Morgan fingerprint density at radius 1 is 0.944 bits per heavy atom. The number of hydrogen-bond acceptors (Lipinski definition) is 7. The molecule has 1 unspecified atom stereocenters. The molecule has 0 spiro atoms. The molecule has 8 nitrogen and oxygen atoms in total. The molecule has 0 saturated carbocycles. The number of carbonyl (C=O) groups excluding carboxylic acids is 1. The highest BCUT2D eigenvalue weighted by Crippen LogP contribution is 2.38. The van der Waals surface area contributed by atoms with Gasteiger partial charge in [0.05, 0.1) is 24.8 Å². The van der Waals surface area contributed by atoms with Crippen molar-refractivity contribution in [1.82, 2.24) is 4.31 Å². The van der Waals surface area contributed by atoms with Crippen LogP contribution < -0.4 is 4.74 Å². The Kier molecular flexibility index (Phi) is 17.0. The van der Waals surface area contributed by atoms with Crippen LogP contribution in [0.5, 0.6) is 5.75 Å². The minimum atomic E-state index is -4.50. The molecule has 2 atom stereocenters. The predicted octanol–water partition coefficient (Wildman–Crippen LogP) is 9.74. The summed E-state index contributed by atoms with van der Waals surface area (Å²) in [4.78, 5) is 12.5. The van der Waals surface area contributed by atoms with Gasteiger partial charge in [0.15, 0.2) is 0 Å². The highest BCUT2D eigenvalue weighted by atomic mass is 32.2. The number of nitrogens with zero attached hydrogens (tertiary/aromatic N) is 1. The zero-order valence-corrected chi connectivity index (χ0v) is 35.7. The second kappa shape index (κ2) is 20.2. The minimum absolute atomic E-state index is 0.0883. The Hall–Kier alpha value is -3.02. The summed E-state index contributed by atoms with van der Waals surface area (Å²) in [6.45, 7) is 18.1. The molecule has 300 valence electrons. The van der Waals surface area contributed by atoms with Crippen molar-refractivity contribution in [3.05, 3.63) is 95.6 Å². The molecular weight excluding hydrogens is 752 g/mol. The maximum absolute atomic E-state index is 13.9. The van der Waals surface area contributed by atoms with Crippen molar-refractivity contribution in [3.8, 4) is 5.75 Å². The third-order valence-electron chi connectivity index (χ3n) is 9.03. The van der Waals surface area contributed by atoms with Crippen molar-refractivity contribution in [1.29, 1.82) is 0 Å². The zero-order valence-electron chi connectivity index (χ0n) is 32.8. The van der Waals surface area contributed by atoms with E-state index in [4.69, 9.17) is 18.9 Å². The number of ether oxygens (including phenoxy) is 4. The number of esters is 1. The van der Waals surface area contributed by atoms with Gasteiger partial charge in [-0.3, -0.25) is 4.79 Å². The molecule has 1 aliphatic rings. The first-order valence-electron chi connectivity index (χ1n) is 18.4. The Morgan fingerprint density at radius 3 is 2.09 bits per heavy atom. The number of hydrogen-bond donors (Lipinski definition) is 0. The van der Waals surface area contributed by atoms with Gasteiger partial charge in [-0.2, -0.15) is 17.5 Å². The molecule has 0 aliphatic heterocycles. The first kappa shape index (κ1) is 45.4. The second-order valence-electron chi connectivity index (χ2n) is 16.1. The summed E-state index contributed by atoms with van der Waals surface area (Å²) in [7, 11) is -5.48. The van der Waals surface area contributed by atoms with Gasteiger partial charge in [-0.1, -0.05) is 94.4 Å². The number of methoxy groups -OCH3 is 1. The number of rotatable bonds is 19. The second-order valence-corrected chi connectivity index (χ2v) is 29.4. The summed E-state index contributed by atoms with van der Waals surface area (Å²) < 4.78 is 93.4. The molecule has 3 rings (SSSR count). The van der Waals surface area contributed by atoms with Crippen molar-refractivity contribution in [2.45, 2.75) is 95.3 Å². The zero-order chi connectivity index (χ0) is 40.2. The standard InChI is InChI=1S/C40H58F3NO7SSi2/c1-31-17-20-34(13-9-10-14-36(31)37-15-11-12-16-38(37)40(41,42)43)51-35-21-18-32(19-22-35)33(27-39(45)48-2)28-52(46,47)44(29-49-23-25-53(3,4)5)30-50-24-26-54(6,7)8/h9-12,14-16,18-19,21-22,33-34H,1,13,17,20,23-30H2,2-8H3/b10-9-,36-14?/t33?,34-/m0/s1. The smallest absolute Gasteiger partial charge is 0.417 e. The fraction of sp³-hybridized carbons (Fsp3) is 0.525. The monoisotopic (exact) mass is 809 g/mol. The first-order valence-corrected chi connectivity index (χ1v) is 27.4. The Labute approximate surface area is 322 Å². The normalized spacial score (nSPS) is 17.3. The quantitative estimate of drug-likeness (QED) is 0.0604. The molecule has 0 radical (unpaired) electrons. The lowest BCUT2D eigenvalue weighted by atomic mass is 9.91. The lowest BCUT2D eigenvalue weighted by Gasteiger charge is -2.26. The molecule has 0 N–H and O–H groups in total. The minimum Gasteiger partial charge on any atom is -0.490 e. The van der Waals surface area contributed by atoms with Gasteiger partial charge in [0.2, 0.25) is 10.0 Å². The van der Waals surface area contributed by atoms with E-state index in [1.165, 1.54) is 23.5 Å². The van der Waals surface area contributed by atoms with E-state index in [-0.39, 0.29) is 37.3 Å². The molecule has 2 aromatic carbocycles. The van der Waals surface area contributed by atoms with Crippen molar-refractivity contribution < 1.29 is 45.3 Å². The van der Waals surface area contributed by atoms with E-state index in [1.54, 1.807) is 42.5 Å². The molecule has 0 aromatic heterocycles. The maximum atomic E-state index is 13.9. The van der Waals surface area contributed by atoms with Crippen molar-refractivity contribution in [2.24, 2.45) is 0 Å². The van der Waals surface area contributed by atoms with Gasteiger partial charge in [0.1, 0.15) is 25.3 Å². The number of alkyl halides is 3. The SMILES string of the molecule is C=C1CC[C@@H](Oc2ccc(C(CC(=O)OC)CS(=O)(=O)N(COCC[Si](C)(C)C)COCC[Si](C)(C)C)cc2)C/C=C\C=C1c1ccccc1C(F)(F)F. The van der Waals surface area contributed by atoms with Crippen LogP contribution in [0.4, 0.5) is 13.2 Å². The topological polar surface area (TPSA) is 91.4 Å². The van der Waals surface area contributed by atoms with Crippen LogP contribution in [0.15, 0.2) is 78.9 Å². The summed E-state index contributed by atoms with van der Waals surface area (Å²) in [5.41, 5.74) is 1.01. The molecule has 0 fully saturated rings. The summed E-state index contributed by atoms with van der Waals surface area (Å²) >= 11 is 0. The Bertz CT molecular complexity index is 1680. The van der Waals surface area contributed by atoms with Crippen molar-refractivity contribution >= 4 is 37.7 Å². The van der Waals surface area contributed by atoms with Crippen LogP contribution >= 0.6 is 0 Å². The lowest BCUT2D eigenvalue weighted by Crippen LogP contribution is -2.39. The van der Waals surface area contributed by atoms with Gasteiger partial charge >= 0.3 is 12.1 Å². The molecule has 1 aliphatic carbocycles. The van der Waals surface area contributed by atoms with Gasteiger partial charge in [0.25, 0.3) is 0 Å². The third kappa shape index (κ3) is 15.6. The third-order valence-corrected chi connectivity index (χ3v) is 14.3. The van der Waals surface area contributed by atoms with Gasteiger partial charge in [0, 0.05) is 41.7 Å². The fourth-order valence-electron chi connectivity index (χ4n) is 5.67. The fourth-order valence-corrected chi connectivity index (χ4v) is 8.68. The van der Waals surface area contributed by atoms with Crippen LogP contribution in [0.2, 0.25) is 51.4 Å². The van der Waals surface area contributed by atoms with Crippen LogP contribution in [0.1, 0.15) is 48.3 Å². The summed E-state index contributed by atoms with van der Waals surface area (Å²) in [6, 6.07) is 14.2. The molecule has 0 heterocycles. The van der Waals surface area contributed by atoms with Crippen molar-refractivity contribution in [2.75, 3.05) is 39.5 Å². The van der Waals surface area contributed by atoms with Gasteiger partial charge < -0.3 is 18.9 Å². The largest absolute Gasteiger partial charge is 0.490 e. The molecule has 0 amide bonds. The van der Waals surface area contributed by atoms with Crippen LogP contribution in [0.3, 0.4) is 0 Å². The highest BCUT2D eigenvalue weighted by Gasteiger charge is 2.34. The predicted molar refractivity (Wildman–Crippen MR) is 215 cm³/mol. The average molecular weight is 810 g/mol. The molecular formula is C40H58F3NO7SSi2. The van der Waals surface area contributed by atoms with Crippen molar-refractivity contribution in [3.63, 3.8) is 0 Å². The van der Waals surface area contributed by atoms with Crippen LogP contribution in [0, 0.1) is 0 Å². The summed E-state index contributed by atoms with van der Waals surface area (Å²) in [6.07, 6.45) is 1.75. The number of carbonyl (C=O) groups is 1. The Morgan fingerprint density at radius 2 is 1.54 bits per heavy atom. The number of sulfonamides is 1. The van der Waals surface area contributed by atoms with E-state index in [0.717, 1.165) is 18.2 Å². The van der Waals surface area contributed by atoms with Gasteiger partial charge in [-0.25, -0.2) is 8.42 Å². The molecule has 14 heteroatoms. The Balaban J connectivity index is 1.74. The van der Waals surface area contributed by atoms with E-state index in [2.05, 4.69) is 45.9 Å². The van der Waals surface area contributed by atoms with E-state index >= 15 is 0 Å². The maximum Gasteiger partial charge on any atom is 0.417 e. The van der Waals surface area contributed by atoms with Gasteiger partial charge in [-0.15, -0.1) is 0 Å². The number of halogens is 3. The molecule has 2 aromatic rings. The van der Waals surface area contributed by atoms with E-state index in [1.807, 2.05) is 6.08 Å². The van der Waals surface area contributed by atoms with E-state index < -0.39 is 49.8 Å². The molecule has 0 bridgehead atoms. The van der Waals surface area contributed by atoms with Gasteiger partial charge in [-0.05, 0) is 65.4 Å². The molecule has 0 saturated heterocycles.